The second kappa shape index (κ2) is 11.4. The first-order valence-electron chi connectivity index (χ1n) is 8.62. The van der Waals surface area contributed by atoms with Crippen molar-refractivity contribution in [3.05, 3.63) is 23.8 Å². The Morgan fingerprint density at radius 2 is 1.32 bits per heavy atom. The number of hydrogen-bond acceptors (Lipinski definition) is 3. The van der Waals surface area contributed by atoms with Crippen molar-refractivity contribution in [3.63, 3.8) is 0 Å². The van der Waals surface area contributed by atoms with Gasteiger partial charge in [0.1, 0.15) is 11.5 Å². The molecule has 3 heteroatoms. The van der Waals surface area contributed by atoms with Crippen LogP contribution in [0.2, 0.25) is 0 Å². The average Bonchev–Trinajstić information content (AvgIpc) is 2.56. The van der Waals surface area contributed by atoms with Crippen LogP contribution >= 0.6 is 0 Å². The molecule has 1 aromatic carbocycles. The zero-order chi connectivity index (χ0) is 16.2. The summed E-state index contributed by atoms with van der Waals surface area (Å²) in [5, 5.41) is 10.3. The van der Waals surface area contributed by atoms with E-state index in [9.17, 15) is 5.11 Å². The summed E-state index contributed by atoms with van der Waals surface area (Å²) in [4.78, 5) is 0. The maximum Gasteiger partial charge on any atom is 0.122 e. The highest BCUT2D eigenvalue weighted by Crippen LogP contribution is 2.29. The summed E-state index contributed by atoms with van der Waals surface area (Å²) in [6.45, 7) is 2.24. The number of benzene rings is 1. The molecule has 0 aliphatic rings. The first-order valence-corrected chi connectivity index (χ1v) is 8.62. The lowest BCUT2D eigenvalue weighted by Crippen LogP contribution is -1.99. The Labute approximate surface area is 135 Å². The summed E-state index contributed by atoms with van der Waals surface area (Å²) in [5.41, 5.74) is 0.874. The first kappa shape index (κ1) is 18.8. The van der Waals surface area contributed by atoms with Crippen molar-refractivity contribution in [1.82, 2.24) is 0 Å². The number of unbranched alkanes of at least 4 members (excludes halogenated alkanes) is 7. The molecule has 0 saturated heterocycles. The molecule has 0 aromatic heterocycles. The molecule has 1 rings (SSSR count). The van der Waals surface area contributed by atoms with Gasteiger partial charge in [-0.15, -0.1) is 0 Å². The van der Waals surface area contributed by atoms with Crippen molar-refractivity contribution in [3.8, 4) is 11.5 Å². The summed E-state index contributed by atoms with van der Waals surface area (Å²) >= 11 is 0. The molecule has 0 amide bonds. The van der Waals surface area contributed by atoms with Crippen LogP contribution in [0.5, 0.6) is 11.5 Å². The zero-order valence-corrected chi connectivity index (χ0v) is 14.4. The van der Waals surface area contributed by atoms with Gasteiger partial charge in [0.05, 0.1) is 20.3 Å². The van der Waals surface area contributed by atoms with Crippen LogP contribution in [0.25, 0.3) is 0 Å². The molecule has 1 N–H and O–H groups in total. The van der Waals surface area contributed by atoms with Crippen molar-refractivity contribution in [2.45, 2.75) is 70.8 Å². The molecule has 0 heterocycles. The van der Waals surface area contributed by atoms with Crippen LogP contribution in [0.15, 0.2) is 18.2 Å². The summed E-state index contributed by atoms with van der Waals surface area (Å²) in [7, 11) is 3.26. The maximum atomic E-state index is 10.3. The Balaban J connectivity index is 2.28. The van der Waals surface area contributed by atoms with E-state index in [1.54, 1.807) is 14.2 Å². The first-order chi connectivity index (χ1) is 10.7. The van der Waals surface area contributed by atoms with Crippen molar-refractivity contribution >= 4 is 0 Å². The summed E-state index contributed by atoms with van der Waals surface area (Å²) in [6, 6.07) is 5.60. The molecular formula is C19H32O3. The van der Waals surface area contributed by atoms with Crippen LogP contribution in [-0.2, 0) is 0 Å². The lowest BCUT2D eigenvalue weighted by atomic mass is 10.0. The zero-order valence-electron chi connectivity index (χ0n) is 14.4. The van der Waals surface area contributed by atoms with Crippen LogP contribution < -0.4 is 9.47 Å². The number of methoxy groups -OCH3 is 2. The minimum atomic E-state index is -0.441. The largest absolute Gasteiger partial charge is 0.497 e. The molecule has 0 saturated carbocycles. The smallest absolute Gasteiger partial charge is 0.122 e. The highest BCUT2D eigenvalue weighted by atomic mass is 16.5. The molecule has 0 aliphatic carbocycles. The number of aliphatic hydroxyl groups is 1. The monoisotopic (exact) mass is 308 g/mol. The van der Waals surface area contributed by atoms with Gasteiger partial charge in [-0.2, -0.15) is 0 Å². The highest BCUT2D eigenvalue weighted by molar-refractivity contribution is 5.39. The molecule has 1 atom stereocenters. The molecule has 0 spiro atoms. The van der Waals surface area contributed by atoms with E-state index in [0.717, 1.165) is 29.9 Å². The minimum absolute atomic E-state index is 0.441. The fraction of sp³-hybridized carbons (Fsp3) is 0.684. The molecule has 0 aliphatic heterocycles. The third-order valence-electron chi connectivity index (χ3n) is 4.09. The van der Waals surface area contributed by atoms with Crippen molar-refractivity contribution in [1.29, 1.82) is 0 Å². The molecule has 0 radical (unpaired) electrons. The molecule has 0 bridgehead atoms. The van der Waals surface area contributed by atoms with Crippen LogP contribution in [0.4, 0.5) is 0 Å². The van der Waals surface area contributed by atoms with Gasteiger partial charge in [0.25, 0.3) is 0 Å². The third-order valence-corrected chi connectivity index (χ3v) is 4.09. The number of hydrogen-bond donors (Lipinski definition) is 1. The Kier molecular flexibility index (Phi) is 9.72. The Morgan fingerprint density at radius 1 is 0.818 bits per heavy atom. The number of rotatable bonds is 12. The van der Waals surface area contributed by atoms with Crippen molar-refractivity contribution in [2.24, 2.45) is 0 Å². The number of ether oxygens (including phenoxy) is 2. The van der Waals surface area contributed by atoms with Crippen LogP contribution in [0.3, 0.4) is 0 Å². The summed E-state index contributed by atoms with van der Waals surface area (Å²) < 4.78 is 10.5. The van der Waals surface area contributed by atoms with Gasteiger partial charge in [-0.1, -0.05) is 58.3 Å². The second-order valence-electron chi connectivity index (χ2n) is 5.93. The summed E-state index contributed by atoms with van der Waals surface area (Å²) in [5.74, 6) is 1.45. The van der Waals surface area contributed by atoms with Gasteiger partial charge in [-0.25, -0.2) is 0 Å². The lowest BCUT2D eigenvalue weighted by Gasteiger charge is -2.14. The SMILES string of the molecule is CCCCCCCCCC[C@H](O)c1cc(OC)cc(OC)c1. The average molecular weight is 308 g/mol. The van der Waals surface area contributed by atoms with E-state index in [2.05, 4.69) is 6.92 Å². The molecular weight excluding hydrogens is 276 g/mol. The van der Waals surface area contributed by atoms with E-state index in [-0.39, 0.29) is 0 Å². The lowest BCUT2D eigenvalue weighted by molar-refractivity contribution is 0.162. The van der Waals surface area contributed by atoms with Gasteiger partial charge in [0, 0.05) is 6.07 Å². The quantitative estimate of drug-likeness (QED) is 0.535. The van der Waals surface area contributed by atoms with Crippen LogP contribution in [-0.4, -0.2) is 19.3 Å². The molecule has 0 fully saturated rings. The van der Waals surface area contributed by atoms with Gasteiger partial charge in [-0.05, 0) is 24.1 Å². The van der Waals surface area contributed by atoms with E-state index in [1.165, 1.54) is 44.9 Å². The van der Waals surface area contributed by atoms with Gasteiger partial charge >= 0.3 is 0 Å². The molecule has 3 nitrogen and oxygen atoms in total. The van der Waals surface area contributed by atoms with Crippen molar-refractivity contribution in [2.75, 3.05) is 14.2 Å². The summed E-state index contributed by atoms with van der Waals surface area (Å²) in [6.07, 6.45) is 10.6. The Morgan fingerprint density at radius 3 is 1.82 bits per heavy atom. The molecule has 126 valence electrons. The van der Waals surface area contributed by atoms with E-state index in [4.69, 9.17) is 9.47 Å². The van der Waals surface area contributed by atoms with E-state index in [1.807, 2.05) is 18.2 Å². The van der Waals surface area contributed by atoms with Crippen LogP contribution in [0, 0.1) is 0 Å². The molecule has 0 unspecified atom stereocenters. The topological polar surface area (TPSA) is 38.7 Å². The van der Waals surface area contributed by atoms with Gasteiger partial charge < -0.3 is 14.6 Å². The Bertz CT molecular complexity index is 381. The fourth-order valence-corrected chi connectivity index (χ4v) is 2.66. The second-order valence-corrected chi connectivity index (χ2v) is 5.93. The van der Waals surface area contributed by atoms with E-state index >= 15 is 0 Å². The molecule has 1 aromatic rings. The minimum Gasteiger partial charge on any atom is -0.497 e. The van der Waals surface area contributed by atoms with Crippen LogP contribution in [0.1, 0.15) is 76.4 Å². The van der Waals surface area contributed by atoms with Gasteiger partial charge in [0.15, 0.2) is 0 Å². The Hall–Kier alpha value is -1.22. The predicted molar refractivity (Wildman–Crippen MR) is 91.7 cm³/mol. The normalized spacial score (nSPS) is 12.2. The maximum absolute atomic E-state index is 10.3. The predicted octanol–water partition coefficient (Wildman–Crippen LogP) is 5.27. The fourth-order valence-electron chi connectivity index (χ4n) is 2.66. The van der Waals surface area contributed by atoms with E-state index in [0.29, 0.717) is 0 Å². The standard InChI is InChI=1S/C19H32O3/c1-4-5-6-7-8-9-10-11-12-19(20)16-13-17(21-2)15-18(14-16)22-3/h13-15,19-20H,4-12H2,1-3H3/t19-/m0/s1. The van der Waals surface area contributed by atoms with E-state index < -0.39 is 6.10 Å². The van der Waals surface area contributed by atoms with Gasteiger partial charge in [-0.3, -0.25) is 0 Å². The van der Waals surface area contributed by atoms with Crippen molar-refractivity contribution < 1.29 is 14.6 Å². The highest BCUT2D eigenvalue weighted by Gasteiger charge is 2.10. The number of aliphatic hydroxyl groups excluding tert-OH is 1. The third kappa shape index (κ3) is 7.17. The molecule has 22 heavy (non-hydrogen) atoms. The van der Waals surface area contributed by atoms with Gasteiger partial charge in [0.2, 0.25) is 0 Å².